The number of nitrogens with one attached hydrogen (secondary N) is 2. The monoisotopic (exact) mass is 299 g/mol. The molecule has 2 amide bonds. The Morgan fingerprint density at radius 3 is 2.05 bits per heavy atom. The molecule has 112 valence electrons. The van der Waals surface area contributed by atoms with Gasteiger partial charge in [0.1, 0.15) is 0 Å². The van der Waals surface area contributed by atoms with Gasteiger partial charge in [-0.05, 0) is 18.2 Å². The molecule has 0 heterocycles. The van der Waals surface area contributed by atoms with Gasteiger partial charge >= 0.3 is 0 Å². The molecule has 1 aromatic rings. The molecule has 1 atom stereocenters. The minimum absolute atomic E-state index is 0. The van der Waals surface area contributed by atoms with Crippen molar-refractivity contribution >= 4 is 35.6 Å². The Hall–Kier alpha value is -1.59. The van der Waals surface area contributed by atoms with Crippen LogP contribution in [-0.2, 0) is 9.59 Å². The number of hydrogen-bond donors (Lipinski definition) is 3. The molecule has 0 radical (unpaired) electrons. The van der Waals surface area contributed by atoms with Gasteiger partial charge in [-0.25, -0.2) is 0 Å². The van der Waals surface area contributed by atoms with Crippen LogP contribution in [0.5, 0.6) is 0 Å². The zero-order valence-electron chi connectivity index (χ0n) is 12.0. The van der Waals surface area contributed by atoms with Crippen molar-refractivity contribution < 1.29 is 9.59 Å². The molecule has 0 aromatic heterocycles. The van der Waals surface area contributed by atoms with Gasteiger partial charge in [0.25, 0.3) is 0 Å². The van der Waals surface area contributed by atoms with Gasteiger partial charge in [0.05, 0.1) is 0 Å². The molecule has 1 rings (SSSR count). The largest absolute Gasteiger partial charge is 0.330 e. The van der Waals surface area contributed by atoms with Crippen LogP contribution in [-0.4, -0.2) is 18.4 Å². The predicted octanol–water partition coefficient (Wildman–Crippen LogP) is 2.24. The fourth-order valence-corrected chi connectivity index (χ4v) is 1.33. The molecule has 0 fully saturated rings. The van der Waals surface area contributed by atoms with Crippen molar-refractivity contribution in [2.24, 2.45) is 17.6 Å². The summed E-state index contributed by atoms with van der Waals surface area (Å²) in [4.78, 5) is 23.3. The van der Waals surface area contributed by atoms with Crippen LogP contribution in [0.25, 0.3) is 0 Å². The molecule has 20 heavy (non-hydrogen) atoms. The minimum atomic E-state index is -0.242. The van der Waals surface area contributed by atoms with E-state index in [1.54, 1.807) is 31.2 Å². The molecule has 4 N–H and O–H groups in total. The van der Waals surface area contributed by atoms with Gasteiger partial charge in [0, 0.05) is 29.8 Å². The van der Waals surface area contributed by atoms with Gasteiger partial charge in [-0.15, -0.1) is 12.4 Å². The number of anilines is 2. The van der Waals surface area contributed by atoms with E-state index in [1.807, 2.05) is 13.8 Å². The summed E-state index contributed by atoms with van der Waals surface area (Å²) in [5, 5.41) is 5.55. The lowest BCUT2D eigenvalue weighted by Gasteiger charge is -2.12. The number of hydrogen-bond acceptors (Lipinski definition) is 3. The number of halogens is 1. The van der Waals surface area contributed by atoms with Gasteiger partial charge in [0.2, 0.25) is 11.8 Å². The summed E-state index contributed by atoms with van der Waals surface area (Å²) in [7, 11) is 0. The first-order valence-corrected chi connectivity index (χ1v) is 6.36. The van der Waals surface area contributed by atoms with Crippen molar-refractivity contribution in [1.29, 1.82) is 0 Å². The lowest BCUT2D eigenvalue weighted by Crippen LogP contribution is -2.26. The molecule has 5 nitrogen and oxygen atoms in total. The Morgan fingerprint density at radius 2 is 1.60 bits per heavy atom. The van der Waals surface area contributed by atoms with Crippen LogP contribution in [0.15, 0.2) is 24.3 Å². The van der Waals surface area contributed by atoms with E-state index < -0.39 is 0 Å². The van der Waals surface area contributed by atoms with Gasteiger partial charge in [-0.1, -0.05) is 26.8 Å². The summed E-state index contributed by atoms with van der Waals surface area (Å²) in [5.74, 6) is -0.516. The van der Waals surface area contributed by atoms with E-state index in [0.29, 0.717) is 17.9 Å². The molecule has 0 aliphatic rings. The molecule has 0 saturated heterocycles. The van der Waals surface area contributed by atoms with E-state index in [-0.39, 0.29) is 36.1 Å². The number of benzene rings is 1. The molecule has 1 unspecified atom stereocenters. The zero-order chi connectivity index (χ0) is 14.4. The Balaban J connectivity index is 0.00000361. The van der Waals surface area contributed by atoms with E-state index in [4.69, 9.17) is 5.73 Å². The fraction of sp³-hybridized carbons (Fsp3) is 0.429. The van der Waals surface area contributed by atoms with Crippen LogP contribution < -0.4 is 16.4 Å². The number of carbonyl (C=O) groups is 2. The van der Waals surface area contributed by atoms with Gasteiger partial charge < -0.3 is 16.4 Å². The van der Waals surface area contributed by atoms with Gasteiger partial charge in [-0.2, -0.15) is 0 Å². The summed E-state index contributed by atoms with van der Waals surface area (Å²) in [6, 6.07) is 7.05. The molecule has 0 bridgehead atoms. The summed E-state index contributed by atoms with van der Waals surface area (Å²) in [5.41, 5.74) is 6.75. The lowest BCUT2D eigenvalue weighted by molar-refractivity contribution is -0.119. The van der Waals surface area contributed by atoms with Crippen LogP contribution in [0.2, 0.25) is 0 Å². The SMILES string of the molecule is CC(C)C(=O)Nc1cccc(NC(=O)C(C)CN)c1.Cl. The van der Waals surface area contributed by atoms with Crippen LogP contribution >= 0.6 is 12.4 Å². The fourth-order valence-electron chi connectivity index (χ4n) is 1.33. The molecular weight excluding hydrogens is 278 g/mol. The Labute approximate surface area is 125 Å². The van der Waals surface area contributed by atoms with Crippen LogP contribution in [0.3, 0.4) is 0 Å². The van der Waals surface area contributed by atoms with E-state index in [0.717, 1.165) is 0 Å². The van der Waals surface area contributed by atoms with Crippen molar-refractivity contribution in [3.05, 3.63) is 24.3 Å². The molecule has 0 aliphatic carbocycles. The average molecular weight is 300 g/mol. The van der Waals surface area contributed by atoms with E-state index >= 15 is 0 Å². The maximum Gasteiger partial charge on any atom is 0.228 e. The maximum atomic E-state index is 11.7. The first-order valence-electron chi connectivity index (χ1n) is 6.36. The first-order chi connectivity index (χ1) is 8.93. The standard InChI is InChI=1S/C14H21N3O2.ClH/c1-9(2)13(18)16-11-5-4-6-12(7-11)17-14(19)10(3)8-15;/h4-7,9-10H,8,15H2,1-3H3,(H,16,18)(H,17,19);1H. The second-order valence-electron chi connectivity index (χ2n) is 4.85. The maximum absolute atomic E-state index is 11.7. The molecule has 0 spiro atoms. The molecule has 6 heteroatoms. The number of nitrogens with two attached hydrogens (primary N) is 1. The molecule has 0 aliphatic heterocycles. The highest BCUT2D eigenvalue weighted by Gasteiger charge is 2.11. The topological polar surface area (TPSA) is 84.2 Å². The Morgan fingerprint density at radius 1 is 1.10 bits per heavy atom. The zero-order valence-corrected chi connectivity index (χ0v) is 12.8. The minimum Gasteiger partial charge on any atom is -0.330 e. The third-order valence-corrected chi connectivity index (χ3v) is 2.72. The third-order valence-electron chi connectivity index (χ3n) is 2.72. The lowest BCUT2D eigenvalue weighted by atomic mass is 10.1. The number of amides is 2. The Bertz CT molecular complexity index is 463. The number of carbonyl (C=O) groups excluding carboxylic acids is 2. The summed E-state index contributed by atoms with van der Waals surface area (Å²) >= 11 is 0. The van der Waals surface area contributed by atoms with Crippen molar-refractivity contribution in [1.82, 2.24) is 0 Å². The van der Waals surface area contributed by atoms with Crippen LogP contribution in [0.4, 0.5) is 11.4 Å². The van der Waals surface area contributed by atoms with Gasteiger partial charge in [0.15, 0.2) is 0 Å². The van der Waals surface area contributed by atoms with Crippen molar-refractivity contribution in [3.63, 3.8) is 0 Å². The van der Waals surface area contributed by atoms with Gasteiger partial charge in [-0.3, -0.25) is 9.59 Å². The van der Waals surface area contributed by atoms with E-state index in [1.165, 1.54) is 0 Å². The van der Waals surface area contributed by atoms with Crippen molar-refractivity contribution in [2.75, 3.05) is 17.2 Å². The van der Waals surface area contributed by atoms with Crippen molar-refractivity contribution in [3.8, 4) is 0 Å². The predicted molar refractivity (Wildman–Crippen MR) is 84.0 cm³/mol. The highest BCUT2D eigenvalue weighted by molar-refractivity contribution is 5.95. The highest BCUT2D eigenvalue weighted by atomic mass is 35.5. The average Bonchev–Trinajstić information content (AvgIpc) is 2.37. The summed E-state index contributed by atoms with van der Waals surface area (Å²) in [6.45, 7) is 5.71. The smallest absolute Gasteiger partial charge is 0.228 e. The normalized spacial score (nSPS) is 11.4. The van der Waals surface area contributed by atoms with Crippen molar-refractivity contribution in [2.45, 2.75) is 20.8 Å². The molecule has 0 saturated carbocycles. The second kappa shape index (κ2) is 8.55. The summed E-state index contributed by atoms with van der Waals surface area (Å²) < 4.78 is 0. The molecule has 1 aromatic carbocycles. The quantitative estimate of drug-likeness (QED) is 0.779. The third kappa shape index (κ3) is 5.59. The van der Waals surface area contributed by atoms with Crippen LogP contribution in [0, 0.1) is 11.8 Å². The first kappa shape index (κ1) is 18.4. The van der Waals surface area contributed by atoms with E-state index in [9.17, 15) is 9.59 Å². The number of rotatable bonds is 5. The second-order valence-corrected chi connectivity index (χ2v) is 4.85. The Kier molecular flexibility index (Phi) is 7.87. The molecular formula is C14H22ClN3O2. The highest BCUT2D eigenvalue weighted by Crippen LogP contribution is 2.16. The van der Waals surface area contributed by atoms with Crippen LogP contribution in [0.1, 0.15) is 20.8 Å². The summed E-state index contributed by atoms with van der Waals surface area (Å²) in [6.07, 6.45) is 0. The van der Waals surface area contributed by atoms with E-state index in [2.05, 4.69) is 10.6 Å².